The summed E-state index contributed by atoms with van der Waals surface area (Å²) in [6, 6.07) is 11.6. The molecule has 0 fully saturated rings. The minimum atomic E-state index is -0.0119. The molecule has 0 bridgehead atoms. The standard InChI is InChI=1S/C13H10N2OS/c16-13-8-11(12-6-3-7-17-12)14-9-4-1-2-5-10(9)15-13/h1-7H,8H2,(H,15,16). The van der Waals surface area contributed by atoms with Gasteiger partial charge in [0.2, 0.25) is 5.91 Å². The van der Waals surface area contributed by atoms with Crippen molar-refractivity contribution in [2.45, 2.75) is 6.42 Å². The normalized spacial score (nSPS) is 14.6. The van der Waals surface area contributed by atoms with Crippen molar-refractivity contribution < 1.29 is 4.79 Å². The molecule has 1 aromatic heterocycles. The average Bonchev–Trinajstić information content (AvgIpc) is 2.79. The maximum atomic E-state index is 11.8. The zero-order chi connectivity index (χ0) is 11.7. The van der Waals surface area contributed by atoms with Crippen molar-refractivity contribution in [2.75, 3.05) is 5.32 Å². The summed E-state index contributed by atoms with van der Waals surface area (Å²) in [7, 11) is 0. The Labute approximate surface area is 103 Å². The number of fused-ring (bicyclic) bond motifs is 1. The topological polar surface area (TPSA) is 41.5 Å². The third-order valence-corrected chi connectivity index (χ3v) is 3.49. The number of rotatable bonds is 1. The van der Waals surface area contributed by atoms with Crippen LogP contribution in [0.15, 0.2) is 46.8 Å². The molecule has 2 aromatic rings. The zero-order valence-corrected chi connectivity index (χ0v) is 9.83. The lowest BCUT2D eigenvalue weighted by atomic mass is 10.2. The molecule has 1 N–H and O–H groups in total. The quantitative estimate of drug-likeness (QED) is 0.819. The van der Waals surface area contributed by atoms with Crippen molar-refractivity contribution in [3.63, 3.8) is 0 Å². The van der Waals surface area contributed by atoms with Crippen molar-refractivity contribution in [1.82, 2.24) is 0 Å². The van der Waals surface area contributed by atoms with Gasteiger partial charge >= 0.3 is 0 Å². The van der Waals surface area contributed by atoms with Crippen molar-refractivity contribution in [3.8, 4) is 0 Å². The van der Waals surface area contributed by atoms with Crippen LogP contribution in [0.1, 0.15) is 11.3 Å². The van der Waals surface area contributed by atoms with Gasteiger partial charge in [-0.1, -0.05) is 18.2 Å². The highest BCUT2D eigenvalue weighted by atomic mass is 32.1. The van der Waals surface area contributed by atoms with Crippen LogP contribution in [-0.2, 0) is 4.79 Å². The summed E-state index contributed by atoms with van der Waals surface area (Å²) in [5.41, 5.74) is 2.44. The molecule has 0 saturated heterocycles. The van der Waals surface area contributed by atoms with Gasteiger partial charge in [-0.15, -0.1) is 11.3 Å². The first-order valence-corrected chi connectivity index (χ1v) is 6.21. The zero-order valence-electron chi connectivity index (χ0n) is 9.01. The van der Waals surface area contributed by atoms with E-state index in [4.69, 9.17) is 0 Å². The van der Waals surface area contributed by atoms with E-state index >= 15 is 0 Å². The summed E-state index contributed by atoms with van der Waals surface area (Å²) in [5, 5.41) is 4.86. The number of aliphatic imine (C=N–C) groups is 1. The van der Waals surface area contributed by atoms with Crippen molar-refractivity contribution in [1.29, 1.82) is 0 Å². The molecule has 17 heavy (non-hydrogen) atoms. The van der Waals surface area contributed by atoms with Crippen LogP contribution < -0.4 is 5.32 Å². The molecule has 0 spiro atoms. The number of para-hydroxylation sites is 2. The van der Waals surface area contributed by atoms with Crippen LogP contribution in [0.25, 0.3) is 0 Å². The fraction of sp³-hybridized carbons (Fsp3) is 0.0769. The van der Waals surface area contributed by atoms with Gasteiger partial charge in [-0.25, -0.2) is 4.99 Å². The Balaban J connectivity index is 2.11. The van der Waals surface area contributed by atoms with Crippen LogP contribution in [0.4, 0.5) is 11.4 Å². The number of nitrogens with zero attached hydrogens (tertiary/aromatic N) is 1. The second-order valence-corrected chi connectivity index (χ2v) is 4.73. The molecule has 0 radical (unpaired) electrons. The van der Waals surface area contributed by atoms with Gasteiger partial charge in [-0.05, 0) is 23.6 Å². The number of carbonyl (C=O) groups excluding carboxylic acids is 1. The number of benzene rings is 1. The highest BCUT2D eigenvalue weighted by molar-refractivity contribution is 7.12. The highest BCUT2D eigenvalue weighted by Crippen LogP contribution is 2.29. The van der Waals surface area contributed by atoms with Crippen molar-refractivity contribution in [2.24, 2.45) is 4.99 Å². The van der Waals surface area contributed by atoms with Crippen LogP contribution in [0.3, 0.4) is 0 Å². The summed E-state index contributed by atoms with van der Waals surface area (Å²) < 4.78 is 0. The largest absolute Gasteiger partial charge is 0.324 e. The van der Waals surface area contributed by atoms with E-state index in [0.29, 0.717) is 6.42 Å². The lowest BCUT2D eigenvalue weighted by molar-refractivity contribution is -0.115. The number of nitrogens with one attached hydrogen (secondary N) is 1. The van der Waals surface area contributed by atoms with Crippen LogP contribution in [-0.4, -0.2) is 11.6 Å². The van der Waals surface area contributed by atoms with E-state index in [-0.39, 0.29) is 5.91 Å². The molecule has 2 heterocycles. The lowest BCUT2D eigenvalue weighted by Gasteiger charge is -2.02. The summed E-state index contributed by atoms with van der Waals surface area (Å²) in [5.74, 6) is -0.0119. The van der Waals surface area contributed by atoms with Gasteiger partial charge in [-0.2, -0.15) is 0 Å². The first-order chi connectivity index (χ1) is 8.33. The summed E-state index contributed by atoms with van der Waals surface area (Å²) in [6.45, 7) is 0. The van der Waals surface area contributed by atoms with E-state index < -0.39 is 0 Å². The van der Waals surface area contributed by atoms with Crippen LogP contribution in [0.5, 0.6) is 0 Å². The second kappa shape index (κ2) is 4.14. The van der Waals surface area contributed by atoms with Crippen molar-refractivity contribution >= 4 is 34.3 Å². The number of hydrogen-bond acceptors (Lipinski definition) is 3. The molecule has 1 aliphatic heterocycles. The molecule has 0 atom stereocenters. The van der Waals surface area contributed by atoms with Gasteiger partial charge in [0, 0.05) is 4.88 Å². The predicted octanol–water partition coefficient (Wildman–Crippen LogP) is 3.21. The number of thiophene rings is 1. The second-order valence-electron chi connectivity index (χ2n) is 3.78. The Morgan fingerprint density at radius 1 is 1.18 bits per heavy atom. The van der Waals surface area contributed by atoms with E-state index in [1.165, 1.54) is 0 Å². The monoisotopic (exact) mass is 242 g/mol. The van der Waals surface area contributed by atoms with Gasteiger partial charge in [0.15, 0.2) is 0 Å². The smallest absolute Gasteiger partial charge is 0.230 e. The van der Waals surface area contributed by atoms with Gasteiger partial charge in [0.25, 0.3) is 0 Å². The van der Waals surface area contributed by atoms with Crippen molar-refractivity contribution in [3.05, 3.63) is 46.7 Å². The number of amides is 1. The molecule has 3 rings (SSSR count). The maximum Gasteiger partial charge on any atom is 0.230 e. The fourth-order valence-electron chi connectivity index (χ4n) is 1.79. The van der Waals surface area contributed by atoms with Crippen LogP contribution in [0.2, 0.25) is 0 Å². The molecule has 0 unspecified atom stereocenters. The molecule has 0 aliphatic carbocycles. The molecular formula is C13H10N2OS. The Morgan fingerprint density at radius 2 is 2.06 bits per heavy atom. The maximum absolute atomic E-state index is 11.8. The molecule has 4 heteroatoms. The van der Waals surface area contributed by atoms with Crippen LogP contribution >= 0.6 is 11.3 Å². The Kier molecular flexibility index (Phi) is 2.49. The van der Waals surface area contributed by atoms with E-state index in [1.807, 2.05) is 41.8 Å². The van der Waals surface area contributed by atoms with E-state index in [1.54, 1.807) is 11.3 Å². The van der Waals surface area contributed by atoms with Gasteiger partial charge < -0.3 is 5.32 Å². The Morgan fingerprint density at radius 3 is 2.88 bits per heavy atom. The fourth-order valence-corrected chi connectivity index (χ4v) is 2.51. The summed E-state index contributed by atoms with van der Waals surface area (Å²) in [6.07, 6.45) is 0.329. The SMILES string of the molecule is O=C1CC(c2cccs2)=Nc2ccccc2N1. The van der Waals surface area contributed by atoms with Gasteiger partial charge in [-0.3, -0.25) is 4.79 Å². The van der Waals surface area contributed by atoms with E-state index in [2.05, 4.69) is 10.3 Å². The molecule has 1 amide bonds. The molecular weight excluding hydrogens is 232 g/mol. The van der Waals surface area contributed by atoms with Crippen LogP contribution in [0, 0.1) is 0 Å². The minimum absolute atomic E-state index is 0.0119. The number of hydrogen-bond donors (Lipinski definition) is 1. The molecule has 1 aromatic carbocycles. The molecule has 0 saturated carbocycles. The summed E-state index contributed by atoms with van der Waals surface area (Å²) in [4.78, 5) is 17.4. The Bertz CT molecular complexity index is 587. The third-order valence-electron chi connectivity index (χ3n) is 2.57. The minimum Gasteiger partial charge on any atom is -0.324 e. The number of carbonyl (C=O) groups is 1. The summed E-state index contributed by atoms with van der Waals surface area (Å²) >= 11 is 1.60. The number of anilines is 1. The van der Waals surface area contributed by atoms with Gasteiger partial charge in [0.05, 0.1) is 23.5 Å². The molecule has 1 aliphatic rings. The first-order valence-electron chi connectivity index (χ1n) is 5.33. The van der Waals surface area contributed by atoms with E-state index in [0.717, 1.165) is 22.0 Å². The average molecular weight is 242 g/mol. The first kappa shape index (κ1) is 10.2. The van der Waals surface area contributed by atoms with Gasteiger partial charge in [0.1, 0.15) is 0 Å². The Hall–Kier alpha value is -1.94. The highest BCUT2D eigenvalue weighted by Gasteiger charge is 2.16. The lowest BCUT2D eigenvalue weighted by Crippen LogP contribution is -2.14. The molecule has 84 valence electrons. The third kappa shape index (κ3) is 1.99. The molecule has 3 nitrogen and oxygen atoms in total. The van der Waals surface area contributed by atoms with E-state index in [9.17, 15) is 4.79 Å². The predicted molar refractivity (Wildman–Crippen MR) is 70.2 cm³/mol.